The Morgan fingerprint density at radius 2 is 1.94 bits per heavy atom. The third-order valence-corrected chi connectivity index (χ3v) is 2.46. The van der Waals surface area contributed by atoms with E-state index in [0.29, 0.717) is 27.5 Å². The van der Waals surface area contributed by atoms with Crippen molar-refractivity contribution in [2.45, 2.75) is 6.92 Å². The molecular formula is C11H9Cl2N3O. The van der Waals surface area contributed by atoms with Crippen molar-refractivity contribution >= 4 is 34.7 Å². The van der Waals surface area contributed by atoms with E-state index in [1.54, 1.807) is 25.1 Å². The molecule has 0 fully saturated rings. The van der Waals surface area contributed by atoms with E-state index in [0.717, 1.165) is 0 Å². The lowest BCUT2D eigenvalue weighted by molar-refractivity contribution is 0.477. The number of halogens is 2. The van der Waals surface area contributed by atoms with Gasteiger partial charge in [0.05, 0.1) is 5.69 Å². The zero-order chi connectivity index (χ0) is 12.4. The molecule has 0 aliphatic rings. The Kier molecular flexibility index (Phi) is 3.36. The van der Waals surface area contributed by atoms with Crippen LogP contribution in [0.4, 0.5) is 11.5 Å². The van der Waals surface area contributed by atoms with Crippen molar-refractivity contribution in [1.82, 2.24) is 9.97 Å². The lowest BCUT2D eigenvalue weighted by Gasteiger charge is -2.08. The first-order chi connectivity index (χ1) is 8.04. The summed E-state index contributed by atoms with van der Waals surface area (Å²) in [5.41, 5.74) is 0.465. The predicted molar refractivity (Wildman–Crippen MR) is 68.2 cm³/mol. The first kappa shape index (κ1) is 12.0. The minimum atomic E-state index is 0.0850. The van der Waals surface area contributed by atoms with Crippen LogP contribution in [0, 0.1) is 6.92 Å². The molecule has 1 aromatic carbocycles. The van der Waals surface area contributed by atoms with Gasteiger partial charge in [-0.25, -0.2) is 9.97 Å². The Morgan fingerprint density at radius 3 is 2.65 bits per heavy atom. The molecule has 0 aliphatic heterocycles. The number of benzene rings is 1. The van der Waals surface area contributed by atoms with Gasteiger partial charge in [0.25, 0.3) is 0 Å². The zero-order valence-electron chi connectivity index (χ0n) is 8.91. The van der Waals surface area contributed by atoms with Crippen LogP contribution < -0.4 is 5.32 Å². The topological polar surface area (TPSA) is 58.0 Å². The lowest BCUT2D eigenvalue weighted by atomic mass is 10.3. The number of nitrogens with one attached hydrogen (secondary N) is 1. The molecule has 17 heavy (non-hydrogen) atoms. The highest BCUT2D eigenvalue weighted by atomic mass is 35.5. The molecule has 0 saturated heterocycles. The third kappa shape index (κ3) is 2.99. The van der Waals surface area contributed by atoms with Gasteiger partial charge in [0, 0.05) is 11.1 Å². The maximum atomic E-state index is 9.64. The van der Waals surface area contributed by atoms with E-state index in [4.69, 9.17) is 23.2 Å². The fraction of sp³-hybridized carbons (Fsp3) is 0.0909. The largest absolute Gasteiger partial charge is 0.506 e. The van der Waals surface area contributed by atoms with E-state index >= 15 is 0 Å². The van der Waals surface area contributed by atoms with Crippen LogP contribution in [0.5, 0.6) is 5.75 Å². The molecule has 1 aromatic heterocycles. The number of nitrogens with zero attached hydrogens (tertiary/aromatic N) is 2. The second-order valence-electron chi connectivity index (χ2n) is 3.41. The van der Waals surface area contributed by atoms with Crippen molar-refractivity contribution in [2.24, 2.45) is 0 Å². The molecule has 88 valence electrons. The Bertz CT molecular complexity index is 540. The summed E-state index contributed by atoms with van der Waals surface area (Å²) in [6.07, 6.45) is 0. The summed E-state index contributed by atoms with van der Waals surface area (Å²) in [6, 6.07) is 6.26. The molecule has 4 nitrogen and oxygen atoms in total. The van der Waals surface area contributed by atoms with E-state index < -0.39 is 0 Å². The van der Waals surface area contributed by atoms with Crippen LogP contribution >= 0.6 is 23.2 Å². The van der Waals surface area contributed by atoms with Crippen molar-refractivity contribution < 1.29 is 5.11 Å². The van der Waals surface area contributed by atoms with Gasteiger partial charge < -0.3 is 10.4 Å². The molecule has 2 aromatic rings. The number of aromatic hydroxyl groups is 1. The van der Waals surface area contributed by atoms with Crippen molar-refractivity contribution in [3.8, 4) is 5.75 Å². The highest BCUT2D eigenvalue weighted by Gasteiger charge is 2.05. The number of aryl methyl sites for hydroxylation is 1. The molecule has 0 unspecified atom stereocenters. The molecule has 0 amide bonds. The molecule has 0 saturated carbocycles. The average molecular weight is 270 g/mol. The minimum Gasteiger partial charge on any atom is -0.506 e. The molecule has 0 atom stereocenters. The summed E-state index contributed by atoms with van der Waals surface area (Å²) in [4.78, 5) is 8.08. The second-order valence-corrected chi connectivity index (χ2v) is 4.23. The monoisotopic (exact) mass is 269 g/mol. The molecule has 2 rings (SSSR count). The first-order valence-electron chi connectivity index (χ1n) is 4.81. The number of rotatable bonds is 2. The fourth-order valence-electron chi connectivity index (χ4n) is 1.34. The van der Waals surface area contributed by atoms with Crippen LogP contribution in [-0.4, -0.2) is 15.1 Å². The van der Waals surface area contributed by atoms with Gasteiger partial charge in [-0.1, -0.05) is 23.2 Å². The van der Waals surface area contributed by atoms with Crippen molar-refractivity contribution in [2.75, 3.05) is 5.32 Å². The van der Waals surface area contributed by atoms with Crippen LogP contribution in [0.1, 0.15) is 5.82 Å². The summed E-state index contributed by atoms with van der Waals surface area (Å²) in [7, 11) is 0. The smallest absolute Gasteiger partial charge is 0.139 e. The zero-order valence-corrected chi connectivity index (χ0v) is 10.4. The minimum absolute atomic E-state index is 0.0850. The van der Waals surface area contributed by atoms with E-state index in [9.17, 15) is 5.11 Å². The molecule has 0 radical (unpaired) electrons. The first-order valence-corrected chi connectivity index (χ1v) is 5.57. The summed E-state index contributed by atoms with van der Waals surface area (Å²) in [6.45, 7) is 1.73. The Labute approximate surface area is 108 Å². The van der Waals surface area contributed by atoms with Gasteiger partial charge in [0.1, 0.15) is 22.5 Å². The Balaban J connectivity index is 2.34. The summed E-state index contributed by atoms with van der Waals surface area (Å²) in [5, 5.41) is 13.4. The standard InChI is InChI=1S/C11H9Cl2N3O/c1-6-14-10(13)5-11(15-6)16-8-4-7(12)2-3-9(8)17/h2-5,17H,1H3,(H,14,15,16). The molecule has 0 aliphatic carbocycles. The summed E-state index contributed by atoms with van der Waals surface area (Å²) in [5.74, 6) is 1.13. The van der Waals surface area contributed by atoms with Crippen molar-refractivity contribution in [1.29, 1.82) is 0 Å². The van der Waals surface area contributed by atoms with E-state index in [1.807, 2.05) is 0 Å². The Morgan fingerprint density at radius 1 is 1.18 bits per heavy atom. The maximum Gasteiger partial charge on any atom is 0.139 e. The SMILES string of the molecule is Cc1nc(Cl)cc(Nc2cc(Cl)ccc2O)n1. The van der Waals surface area contributed by atoms with Crippen LogP contribution in [0.3, 0.4) is 0 Å². The number of hydrogen-bond donors (Lipinski definition) is 2. The van der Waals surface area contributed by atoms with Gasteiger partial charge in [-0.2, -0.15) is 0 Å². The van der Waals surface area contributed by atoms with Gasteiger partial charge >= 0.3 is 0 Å². The van der Waals surface area contributed by atoms with Gasteiger partial charge in [0.15, 0.2) is 0 Å². The van der Waals surface area contributed by atoms with Crippen molar-refractivity contribution in [3.05, 3.63) is 40.3 Å². The molecule has 6 heteroatoms. The fourth-order valence-corrected chi connectivity index (χ4v) is 1.74. The van der Waals surface area contributed by atoms with Crippen LogP contribution in [0.2, 0.25) is 10.2 Å². The number of aromatic nitrogens is 2. The molecule has 1 heterocycles. The quantitative estimate of drug-likeness (QED) is 0.647. The van der Waals surface area contributed by atoms with Crippen LogP contribution in [0.15, 0.2) is 24.3 Å². The summed E-state index contributed by atoms with van der Waals surface area (Å²) < 4.78 is 0. The number of anilines is 2. The highest BCUT2D eigenvalue weighted by Crippen LogP contribution is 2.29. The van der Waals surface area contributed by atoms with Crippen LogP contribution in [0.25, 0.3) is 0 Å². The molecular weight excluding hydrogens is 261 g/mol. The van der Waals surface area contributed by atoms with Gasteiger partial charge in [-0.15, -0.1) is 0 Å². The van der Waals surface area contributed by atoms with Crippen LogP contribution in [-0.2, 0) is 0 Å². The average Bonchev–Trinajstić information content (AvgIpc) is 2.22. The lowest BCUT2D eigenvalue weighted by Crippen LogP contribution is -1.97. The number of hydrogen-bond acceptors (Lipinski definition) is 4. The third-order valence-electron chi connectivity index (χ3n) is 2.03. The van der Waals surface area contributed by atoms with E-state index in [1.165, 1.54) is 6.07 Å². The van der Waals surface area contributed by atoms with Gasteiger partial charge in [0.2, 0.25) is 0 Å². The van der Waals surface area contributed by atoms with E-state index in [-0.39, 0.29) is 5.75 Å². The maximum absolute atomic E-state index is 9.64. The molecule has 0 bridgehead atoms. The number of phenols is 1. The van der Waals surface area contributed by atoms with Gasteiger partial charge in [-0.05, 0) is 25.1 Å². The molecule has 2 N–H and O–H groups in total. The Hall–Kier alpha value is -1.52. The van der Waals surface area contributed by atoms with E-state index in [2.05, 4.69) is 15.3 Å². The normalized spacial score (nSPS) is 10.3. The van der Waals surface area contributed by atoms with Gasteiger partial charge in [-0.3, -0.25) is 0 Å². The second kappa shape index (κ2) is 4.77. The molecule has 0 spiro atoms. The van der Waals surface area contributed by atoms with Crippen molar-refractivity contribution in [3.63, 3.8) is 0 Å². The summed E-state index contributed by atoms with van der Waals surface area (Å²) >= 11 is 11.6. The predicted octanol–water partition coefficient (Wildman–Crippen LogP) is 3.54. The highest BCUT2D eigenvalue weighted by molar-refractivity contribution is 6.31. The number of phenolic OH excluding ortho intramolecular Hbond substituents is 1.